The van der Waals surface area contributed by atoms with Crippen LogP contribution in [0.1, 0.15) is 27.0 Å². The molecular weight excluding hydrogens is 324 g/mol. The number of benzene rings is 3. The van der Waals surface area contributed by atoms with Gasteiger partial charge in [-0.3, -0.25) is 0 Å². The zero-order valence-electron chi connectivity index (χ0n) is 13.8. The summed E-state index contributed by atoms with van der Waals surface area (Å²) >= 11 is 0. The minimum Gasteiger partial charge on any atom is -0.457 e. The lowest BCUT2D eigenvalue weighted by molar-refractivity contribution is 0.0473. The van der Waals surface area contributed by atoms with Gasteiger partial charge in [-0.1, -0.05) is 54.6 Å². The van der Waals surface area contributed by atoms with E-state index in [2.05, 4.69) is 12.1 Å². The van der Waals surface area contributed by atoms with E-state index in [4.69, 9.17) is 10.00 Å². The predicted molar refractivity (Wildman–Crippen MR) is 96.9 cm³/mol. The highest BCUT2D eigenvalue weighted by Crippen LogP contribution is 2.27. The number of rotatable bonds is 4. The number of esters is 1. The highest BCUT2D eigenvalue weighted by atomic mass is 16.5. The Morgan fingerprint density at radius 2 is 1.35 bits per heavy atom. The molecule has 0 aromatic heterocycles. The fourth-order valence-electron chi connectivity index (χ4n) is 2.69. The van der Waals surface area contributed by atoms with Gasteiger partial charge < -0.3 is 4.74 Å². The van der Waals surface area contributed by atoms with Gasteiger partial charge in [0.05, 0.1) is 28.8 Å². The van der Waals surface area contributed by atoms with Crippen LogP contribution in [0.5, 0.6) is 0 Å². The molecule has 0 spiro atoms. The third-order valence-electron chi connectivity index (χ3n) is 3.98. The number of nitriles is 2. The first-order valence-electron chi connectivity index (χ1n) is 7.98. The molecule has 0 fully saturated rings. The van der Waals surface area contributed by atoms with Crippen LogP contribution in [0.2, 0.25) is 0 Å². The van der Waals surface area contributed by atoms with Crippen molar-refractivity contribution in [2.24, 2.45) is 0 Å². The lowest BCUT2D eigenvalue weighted by Crippen LogP contribution is -2.08. The van der Waals surface area contributed by atoms with E-state index in [0.717, 1.165) is 0 Å². The second kappa shape index (κ2) is 7.79. The first-order chi connectivity index (χ1) is 12.7. The molecule has 4 nitrogen and oxygen atoms in total. The number of hydrogen-bond acceptors (Lipinski definition) is 4. The van der Waals surface area contributed by atoms with Gasteiger partial charge in [-0.25, -0.2) is 4.79 Å². The number of carbonyl (C=O) groups excluding carboxylic acids is 1. The molecule has 3 aromatic carbocycles. The maximum atomic E-state index is 12.6. The molecule has 0 bridgehead atoms. The van der Waals surface area contributed by atoms with Gasteiger partial charge in [0.2, 0.25) is 0 Å². The summed E-state index contributed by atoms with van der Waals surface area (Å²) in [7, 11) is 0. The van der Waals surface area contributed by atoms with E-state index in [1.165, 1.54) is 0 Å². The van der Waals surface area contributed by atoms with Gasteiger partial charge in [-0.05, 0) is 23.8 Å². The second-order valence-electron chi connectivity index (χ2n) is 5.55. The molecule has 3 rings (SSSR count). The molecule has 124 valence electrons. The molecule has 0 heterocycles. The van der Waals surface area contributed by atoms with Gasteiger partial charge in [0.1, 0.15) is 6.61 Å². The average molecular weight is 338 g/mol. The summed E-state index contributed by atoms with van der Waals surface area (Å²) in [5.41, 5.74) is 3.32. The molecule has 3 aromatic rings. The zero-order valence-corrected chi connectivity index (χ0v) is 13.8. The smallest absolute Gasteiger partial charge is 0.339 e. The van der Waals surface area contributed by atoms with E-state index >= 15 is 0 Å². The van der Waals surface area contributed by atoms with Crippen LogP contribution in [0.3, 0.4) is 0 Å². The van der Waals surface area contributed by atoms with Gasteiger partial charge in [-0.15, -0.1) is 0 Å². The zero-order chi connectivity index (χ0) is 18.4. The van der Waals surface area contributed by atoms with E-state index in [1.54, 1.807) is 60.7 Å². The molecule has 0 radical (unpaired) electrons. The van der Waals surface area contributed by atoms with Gasteiger partial charge in [0.25, 0.3) is 0 Å². The first-order valence-corrected chi connectivity index (χ1v) is 7.98. The van der Waals surface area contributed by atoms with E-state index in [9.17, 15) is 10.1 Å². The van der Waals surface area contributed by atoms with Crippen LogP contribution >= 0.6 is 0 Å². The highest BCUT2D eigenvalue weighted by molar-refractivity contribution is 5.98. The SMILES string of the molecule is N#Cc1ccccc1COC(=O)c1ccccc1-c1ccccc1C#N. The molecule has 0 unspecified atom stereocenters. The minimum absolute atomic E-state index is 0.0107. The Hall–Kier alpha value is -3.89. The van der Waals surface area contributed by atoms with Crippen molar-refractivity contribution in [1.82, 2.24) is 0 Å². The van der Waals surface area contributed by atoms with Crippen LogP contribution in [0, 0.1) is 22.7 Å². The fraction of sp³-hybridized carbons (Fsp3) is 0.0455. The third kappa shape index (κ3) is 3.45. The van der Waals surface area contributed by atoms with Crippen LogP contribution in [-0.2, 0) is 11.3 Å². The Morgan fingerprint density at radius 3 is 2.08 bits per heavy atom. The van der Waals surface area contributed by atoms with Crippen LogP contribution in [0.4, 0.5) is 0 Å². The molecule has 0 saturated carbocycles. The van der Waals surface area contributed by atoms with Crippen LogP contribution in [-0.4, -0.2) is 5.97 Å². The number of carbonyl (C=O) groups is 1. The van der Waals surface area contributed by atoms with Crippen molar-refractivity contribution in [2.75, 3.05) is 0 Å². The topological polar surface area (TPSA) is 73.9 Å². The number of nitrogens with zero attached hydrogens (tertiary/aromatic N) is 2. The van der Waals surface area contributed by atoms with Crippen molar-refractivity contribution in [3.8, 4) is 23.3 Å². The summed E-state index contributed by atoms with van der Waals surface area (Å²) in [4.78, 5) is 12.6. The summed E-state index contributed by atoms with van der Waals surface area (Å²) in [5, 5.41) is 18.5. The van der Waals surface area contributed by atoms with Gasteiger partial charge in [-0.2, -0.15) is 10.5 Å². The van der Waals surface area contributed by atoms with Crippen LogP contribution in [0.15, 0.2) is 72.8 Å². The van der Waals surface area contributed by atoms with Crippen molar-refractivity contribution in [3.63, 3.8) is 0 Å². The van der Waals surface area contributed by atoms with Crippen molar-refractivity contribution in [2.45, 2.75) is 6.61 Å². The quantitative estimate of drug-likeness (QED) is 0.659. The molecule has 26 heavy (non-hydrogen) atoms. The highest BCUT2D eigenvalue weighted by Gasteiger charge is 2.16. The summed E-state index contributed by atoms with van der Waals surface area (Å²) in [6.07, 6.45) is 0. The summed E-state index contributed by atoms with van der Waals surface area (Å²) in [6, 6.07) is 25.3. The molecule has 0 aliphatic rings. The summed E-state index contributed by atoms with van der Waals surface area (Å²) in [5.74, 6) is -0.499. The molecule has 0 aliphatic heterocycles. The van der Waals surface area contributed by atoms with Crippen molar-refractivity contribution in [3.05, 3.63) is 95.1 Å². The minimum atomic E-state index is -0.499. The van der Waals surface area contributed by atoms with Crippen molar-refractivity contribution in [1.29, 1.82) is 10.5 Å². The summed E-state index contributed by atoms with van der Waals surface area (Å²) in [6.45, 7) is 0.0107. The first kappa shape index (κ1) is 17.0. The van der Waals surface area contributed by atoms with Crippen LogP contribution < -0.4 is 0 Å². The lowest BCUT2D eigenvalue weighted by atomic mass is 9.96. The van der Waals surface area contributed by atoms with Crippen LogP contribution in [0.25, 0.3) is 11.1 Å². The largest absolute Gasteiger partial charge is 0.457 e. The molecule has 0 N–H and O–H groups in total. The predicted octanol–water partition coefficient (Wildman–Crippen LogP) is 4.45. The molecular formula is C22H14N2O2. The van der Waals surface area contributed by atoms with E-state index in [-0.39, 0.29) is 6.61 Å². The number of hydrogen-bond donors (Lipinski definition) is 0. The lowest BCUT2D eigenvalue weighted by Gasteiger charge is -2.11. The fourth-order valence-corrected chi connectivity index (χ4v) is 2.69. The summed E-state index contributed by atoms with van der Waals surface area (Å²) < 4.78 is 5.42. The van der Waals surface area contributed by atoms with E-state index < -0.39 is 5.97 Å². The molecule has 0 aliphatic carbocycles. The van der Waals surface area contributed by atoms with Gasteiger partial charge in [0.15, 0.2) is 0 Å². The standard InChI is InChI=1S/C22H14N2O2/c23-13-16-7-1-2-9-18(16)15-26-22(25)21-12-6-5-11-20(21)19-10-4-3-8-17(19)14-24/h1-12H,15H2. The Labute approximate surface area is 151 Å². The van der Waals surface area contributed by atoms with Gasteiger partial charge in [0, 0.05) is 11.1 Å². The van der Waals surface area contributed by atoms with Gasteiger partial charge >= 0.3 is 5.97 Å². The molecule has 0 atom stereocenters. The third-order valence-corrected chi connectivity index (χ3v) is 3.98. The van der Waals surface area contributed by atoms with E-state index in [1.807, 2.05) is 12.1 Å². The van der Waals surface area contributed by atoms with E-state index in [0.29, 0.717) is 33.4 Å². The average Bonchev–Trinajstić information content (AvgIpc) is 2.72. The maximum Gasteiger partial charge on any atom is 0.339 e. The maximum absolute atomic E-state index is 12.6. The molecule has 4 heteroatoms. The Kier molecular flexibility index (Phi) is 5.08. The molecule has 0 saturated heterocycles. The normalized spacial score (nSPS) is 9.77. The Bertz CT molecular complexity index is 1040. The number of ether oxygens (including phenoxy) is 1. The van der Waals surface area contributed by atoms with Crippen molar-refractivity contribution >= 4 is 5.97 Å². The Morgan fingerprint density at radius 1 is 0.769 bits per heavy atom. The second-order valence-corrected chi connectivity index (χ2v) is 5.55. The monoisotopic (exact) mass is 338 g/mol. The Balaban J connectivity index is 1.90. The van der Waals surface area contributed by atoms with Crippen molar-refractivity contribution < 1.29 is 9.53 Å². The molecule has 0 amide bonds.